The molecule has 0 fully saturated rings. The molecular weight excluding hydrogens is 345 g/mol. The predicted molar refractivity (Wildman–Crippen MR) is 107 cm³/mol. The minimum absolute atomic E-state index is 0.495. The molecule has 0 amide bonds. The first kappa shape index (κ1) is 17.5. The first-order valence-electron chi connectivity index (χ1n) is 9.17. The Morgan fingerprint density at radius 1 is 1.19 bits per heavy atom. The number of fused-ring (bicyclic) bond motifs is 2. The van der Waals surface area contributed by atoms with Crippen LogP contribution < -0.4 is 4.74 Å². The highest BCUT2D eigenvalue weighted by atomic mass is 19.2. The molecule has 3 heterocycles. The molecule has 0 bridgehead atoms. The maximum atomic E-state index is 15.1. The van der Waals surface area contributed by atoms with E-state index < -0.39 is 6.97 Å². The van der Waals surface area contributed by atoms with Gasteiger partial charge >= 0.3 is 6.97 Å². The number of aryl methyl sites for hydroxylation is 1. The summed E-state index contributed by atoms with van der Waals surface area (Å²) in [6.45, 7) is 0.699. The highest BCUT2D eigenvalue weighted by Crippen LogP contribution is 2.33. The van der Waals surface area contributed by atoms with Crippen molar-refractivity contribution in [1.82, 2.24) is 4.48 Å². The molecule has 0 unspecified atom stereocenters. The summed E-state index contributed by atoms with van der Waals surface area (Å²) in [5.74, 6) is 0.814. The topological polar surface area (TPSA) is 17.2 Å². The Kier molecular flexibility index (Phi) is 4.34. The molecular formula is C21H21BF2N2O. The second kappa shape index (κ2) is 6.69. The summed E-state index contributed by atoms with van der Waals surface area (Å²) in [7, 11) is 0. The van der Waals surface area contributed by atoms with E-state index in [1.54, 1.807) is 18.2 Å². The molecule has 2 aromatic rings. The van der Waals surface area contributed by atoms with Crippen LogP contribution >= 0.6 is 0 Å². The fourth-order valence-electron chi connectivity index (χ4n) is 3.51. The molecule has 0 saturated carbocycles. The van der Waals surface area contributed by atoms with Gasteiger partial charge in [-0.2, -0.15) is 0 Å². The van der Waals surface area contributed by atoms with Crippen molar-refractivity contribution in [2.75, 3.05) is 6.61 Å². The van der Waals surface area contributed by atoms with Crippen LogP contribution in [-0.4, -0.2) is 28.8 Å². The quantitative estimate of drug-likeness (QED) is 0.682. The number of ether oxygens (including phenoxy) is 1. The summed E-state index contributed by atoms with van der Waals surface area (Å²) in [5, 5.41) is 0. The Morgan fingerprint density at radius 3 is 2.70 bits per heavy atom. The van der Waals surface area contributed by atoms with E-state index in [4.69, 9.17) is 4.74 Å². The zero-order chi connectivity index (χ0) is 19.0. The molecule has 138 valence electrons. The standard InChI is InChI=1S/C21H21BF2N2O/c1-3-13-27-20-10-7-17(8-11-20)6-9-19-14-16(2)21-15-18-5-4-12-25(18)22(23,24)26(19)21/h4-12,14-15H,3,13H2,1-2H3/b9-6+. The second-order valence-electron chi connectivity index (χ2n) is 6.83. The van der Waals surface area contributed by atoms with Crippen LogP contribution in [0.15, 0.2) is 48.2 Å². The lowest BCUT2D eigenvalue weighted by Gasteiger charge is -2.29. The second-order valence-corrected chi connectivity index (χ2v) is 6.83. The zero-order valence-electron chi connectivity index (χ0n) is 15.4. The number of hydrogen-bond acceptors (Lipinski definition) is 1. The van der Waals surface area contributed by atoms with Crippen molar-refractivity contribution in [2.24, 2.45) is 0 Å². The van der Waals surface area contributed by atoms with Gasteiger partial charge in [-0.15, -0.1) is 0 Å². The first-order chi connectivity index (χ1) is 13.0. The summed E-state index contributed by atoms with van der Waals surface area (Å²) in [5.41, 5.74) is 3.37. The molecule has 0 aliphatic carbocycles. The highest BCUT2D eigenvalue weighted by molar-refractivity contribution is 6.58. The molecule has 3 nitrogen and oxygen atoms in total. The number of hydrogen-bond donors (Lipinski definition) is 0. The van der Waals surface area contributed by atoms with Crippen molar-refractivity contribution >= 4 is 31.4 Å². The van der Waals surface area contributed by atoms with Gasteiger partial charge in [0.1, 0.15) is 12.0 Å². The van der Waals surface area contributed by atoms with Crippen LogP contribution in [0.25, 0.3) is 18.2 Å². The van der Waals surface area contributed by atoms with E-state index in [-0.39, 0.29) is 0 Å². The van der Waals surface area contributed by atoms with E-state index >= 15 is 8.63 Å². The molecule has 0 N–H and O–H groups in total. The molecule has 6 heteroatoms. The van der Waals surface area contributed by atoms with Gasteiger partial charge < -0.3 is 22.3 Å². The van der Waals surface area contributed by atoms with Gasteiger partial charge in [0.05, 0.1) is 6.61 Å². The number of allylic oxidation sites excluding steroid dienone is 2. The van der Waals surface area contributed by atoms with Crippen molar-refractivity contribution < 1.29 is 17.9 Å². The third-order valence-corrected chi connectivity index (χ3v) is 4.85. The summed E-state index contributed by atoms with van der Waals surface area (Å²) < 4.78 is 38.0. The summed E-state index contributed by atoms with van der Waals surface area (Å²) in [6, 6.07) is 9.45. The fraction of sp³-hybridized carbons (Fsp3) is 0.190. The Hall–Kier alpha value is -2.89. The minimum Gasteiger partial charge on any atom is -0.494 e. The van der Waals surface area contributed by atoms with Gasteiger partial charge in [0.15, 0.2) is 5.70 Å². The van der Waals surface area contributed by atoms with Crippen LogP contribution in [0, 0.1) is 6.92 Å². The number of benzene rings is 1. The molecule has 0 spiro atoms. The van der Waals surface area contributed by atoms with E-state index in [1.165, 1.54) is 6.21 Å². The van der Waals surface area contributed by atoms with E-state index in [0.717, 1.165) is 32.3 Å². The molecule has 0 radical (unpaired) electrons. The van der Waals surface area contributed by atoms with Crippen molar-refractivity contribution in [3.63, 3.8) is 0 Å². The number of nitrogens with zero attached hydrogens (tertiary/aromatic N) is 2. The van der Waals surface area contributed by atoms with Crippen LogP contribution in [0.2, 0.25) is 0 Å². The molecule has 2 aliphatic heterocycles. The van der Waals surface area contributed by atoms with Crippen LogP contribution in [0.5, 0.6) is 5.75 Å². The van der Waals surface area contributed by atoms with Gasteiger partial charge in [0.25, 0.3) is 0 Å². The zero-order valence-corrected chi connectivity index (χ0v) is 15.4. The molecule has 1 aromatic carbocycles. The van der Waals surface area contributed by atoms with Gasteiger partial charge in [0.2, 0.25) is 0 Å². The Labute approximate surface area is 157 Å². The summed E-state index contributed by atoms with van der Waals surface area (Å²) in [6.07, 6.45) is 11.2. The van der Waals surface area contributed by atoms with Crippen molar-refractivity contribution in [2.45, 2.75) is 20.3 Å². The average Bonchev–Trinajstić information content (AvgIpc) is 3.25. The van der Waals surface area contributed by atoms with E-state index in [9.17, 15) is 0 Å². The van der Waals surface area contributed by atoms with Crippen LogP contribution in [0.1, 0.15) is 35.9 Å². The van der Waals surface area contributed by atoms with Gasteiger partial charge in [-0.3, -0.25) is 0 Å². The van der Waals surface area contributed by atoms with E-state index in [2.05, 4.69) is 6.92 Å². The number of halogens is 2. The fourth-order valence-corrected chi connectivity index (χ4v) is 3.51. The summed E-state index contributed by atoms with van der Waals surface area (Å²) in [4.78, 5) is 0. The normalized spacial score (nSPS) is 16.9. The lowest BCUT2D eigenvalue weighted by atomic mass is 9.91. The maximum Gasteiger partial charge on any atom is 0.737 e. The van der Waals surface area contributed by atoms with Crippen LogP contribution in [0.3, 0.4) is 0 Å². The Bertz CT molecular complexity index is 998. The molecule has 1 aromatic heterocycles. The maximum absolute atomic E-state index is 15.1. The van der Waals surface area contributed by atoms with Gasteiger partial charge in [-0.05, 0) is 48.7 Å². The molecule has 4 rings (SSSR count). The minimum atomic E-state index is -3.90. The Balaban J connectivity index is 1.65. The lowest BCUT2D eigenvalue weighted by molar-refractivity contribution is -0.355. The Morgan fingerprint density at radius 2 is 1.96 bits per heavy atom. The smallest absolute Gasteiger partial charge is 0.494 e. The molecule has 0 saturated heterocycles. The molecule has 27 heavy (non-hydrogen) atoms. The van der Waals surface area contributed by atoms with Crippen molar-refractivity contribution in [1.29, 1.82) is 0 Å². The largest absolute Gasteiger partial charge is 0.737 e. The monoisotopic (exact) mass is 366 g/mol. The average molecular weight is 366 g/mol. The number of aromatic nitrogens is 1. The van der Waals surface area contributed by atoms with Crippen molar-refractivity contribution in [3.8, 4) is 5.75 Å². The van der Waals surface area contributed by atoms with Crippen LogP contribution in [0.4, 0.5) is 8.63 Å². The molecule has 0 atom stereocenters. The van der Waals surface area contributed by atoms with Gasteiger partial charge in [-0.1, -0.05) is 25.1 Å². The van der Waals surface area contributed by atoms with Crippen molar-refractivity contribution in [3.05, 3.63) is 70.7 Å². The summed E-state index contributed by atoms with van der Waals surface area (Å²) >= 11 is 0. The SMILES string of the molecule is CCCOc1ccc(/C=C/c2cc(C)c3n2[B-](F)(F)[N+]2=CC=CC2=C3)cc1. The van der Waals surface area contributed by atoms with E-state index in [1.807, 2.05) is 49.4 Å². The number of rotatable bonds is 5. The third kappa shape index (κ3) is 3.05. The lowest BCUT2D eigenvalue weighted by Crippen LogP contribution is -2.49. The highest BCUT2D eigenvalue weighted by Gasteiger charge is 2.50. The van der Waals surface area contributed by atoms with E-state index in [0.29, 0.717) is 23.7 Å². The van der Waals surface area contributed by atoms with Gasteiger partial charge in [-0.25, -0.2) is 0 Å². The molecule has 2 aliphatic rings. The first-order valence-corrected chi connectivity index (χ1v) is 9.17. The van der Waals surface area contributed by atoms with Crippen LogP contribution in [-0.2, 0) is 0 Å². The van der Waals surface area contributed by atoms with Gasteiger partial charge in [0, 0.05) is 29.6 Å². The predicted octanol–water partition coefficient (Wildman–Crippen LogP) is 4.99. The third-order valence-electron chi connectivity index (χ3n) is 4.85.